The first kappa shape index (κ1) is 11.3. The molecular formula is C11H16ClNO. The van der Waals surface area contributed by atoms with Crippen molar-refractivity contribution in [1.29, 1.82) is 0 Å². The Morgan fingerprint density at radius 2 is 2.29 bits per heavy atom. The second kappa shape index (κ2) is 4.67. The molecule has 0 saturated carbocycles. The molecule has 14 heavy (non-hydrogen) atoms. The van der Waals surface area contributed by atoms with Crippen molar-refractivity contribution in [1.82, 2.24) is 0 Å². The number of benzene rings is 1. The van der Waals surface area contributed by atoms with E-state index in [4.69, 9.17) is 10.5 Å². The number of halogens is 1. The van der Waals surface area contributed by atoms with Crippen molar-refractivity contribution < 1.29 is 4.74 Å². The summed E-state index contributed by atoms with van der Waals surface area (Å²) >= 11 is 0. The third-order valence-corrected chi connectivity index (χ3v) is 2.38. The van der Waals surface area contributed by atoms with Gasteiger partial charge in [0, 0.05) is 18.0 Å². The molecule has 0 saturated heterocycles. The number of hydrogen-bond acceptors (Lipinski definition) is 2. The normalized spacial score (nSPS) is 15.3. The standard InChI is InChI=1S/C11H15NO.ClH/c1-8(12)7-9-3-2-4-11-10(9)5-6-13-11;/h2-4,8H,5-7,12H2,1H3;1H. The summed E-state index contributed by atoms with van der Waals surface area (Å²) in [6.45, 7) is 2.86. The number of rotatable bonds is 2. The van der Waals surface area contributed by atoms with Crippen molar-refractivity contribution in [3.63, 3.8) is 0 Å². The summed E-state index contributed by atoms with van der Waals surface area (Å²) in [5.41, 5.74) is 8.49. The van der Waals surface area contributed by atoms with Gasteiger partial charge >= 0.3 is 0 Å². The van der Waals surface area contributed by atoms with Crippen LogP contribution in [0.25, 0.3) is 0 Å². The van der Waals surface area contributed by atoms with Crippen molar-refractivity contribution >= 4 is 12.4 Å². The van der Waals surface area contributed by atoms with Crippen molar-refractivity contribution in [2.45, 2.75) is 25.8 Å². The van der Waals surface area contributed by atoms with E-state index in [-0.39, 0.29) is 18.4 Å². The number of fused-ring (bicyclic) bond motifs is 1. The second-order valence-corrected chi connectivity index (χ2v) is 3.67. The molecule has 0 radical (unpaired) electrons. The first-order chi connectivity index (χ1) is 6.27. The van der Waals surface area contributed by atoms with E-state index in [1.807, 2.05) is 19.1 Å². The lowest BCUT2D eigenvalue weighted by atomic mass is 10.00. The van der Waals surface area contributed by atoms with E-state index in [1.165, 1.54) is 11.1 Å². The van der Waals surface area contributed by atoms with E-state index in [2.05, 4.69) is 6.07 Å². The van der Waals surface area contributed by atoms with Crippen LogP contribution in [0.4, 0.5) is 0 Å². The third kappa shape index (κ3) is 2.20. The van der Waals surface area contributed by atoms with Gasteiger partial charge in [0.05, 0.1) is 6.61 Å². The monoisotopic (exact) mass is 213 g/mol. The van der Waals surface area contributed by atoms with Gasteiger partial charge in [-0.05, 0) is 25.0 Å². The number of ether oxygens (including phenoxy) is 1. The molecule has 1 aromatic rings. The minimum atomic E-state index is 0. The number of hydrogen-bond donors (Lipinski definition) is 1. The Labute approximate surface area is 90.9 Å². The average Bonchev–Trinajstić information content (AvgIpc) is 2.51. The minimum Gasteiger partial charge on any atom is -0.493 e. The topological polar surface area (TPSA) is 35.2 Å². The smallest absolute Gasteiger partial charge is 0.122 e. The van der Waals surface area contributed by atoms with Gasteiger partial charge < -0.3 is 10.5 Å². The maximum atomic E-state index is 5.78. The Kier molecular flexibility index (Phi) is 3.78. The van der Waals surface area contributed by atoms with E-state index in [0.717, 1.165) is 25.2 Å². The zero-order chi connectivity index (χ0) is 9.26. The fourth-order valence-electron chi connectivity index (χ4n) is 1.83. The predicted octanol–water partition coefficient (Wildman–Crippen LogP) is 1.93. The summed E-state index contributed by atoms with van der Waals surface area (Å²) in [4.78, 5) is 0. The van der Waals surface area contributed by atoms with Gasteiger partial charge in [0.1, 0.15) is 5.75 Å². The van der Waals surface area contributed by atoms with E-state index in [9.17, 15) is 0 Å². The molecule has 1 aliphatic rings. The molecule has 0 fully saturated rings. The Morgan fingerprint density at radius 3 is 3.00 bits per heavy atom. The molecular weight excluding hydrogens is 198 g/mol. The first-order valence-corrected chi connectivity index (χ1v) is 4.76. The van der Waals surface area contributed by atoms with Gasteiger partial charge in [-0.2, -0.15) is 0 Å². The van der Waals surface area contributed by atoms with Crippen LogP contribution in [0.15, 0.2) is 18.2 Å². The maximum absolute atomic E-state index is 5.78. The number of nitrogens with two attached hydrogens (primary N) is 1. The Bertz CT molecular complexity index is 312. The van der Waals surface area contributed by atoms with Crippen LogP contribution in [-0.2, 0) is 12.8 Å². The van der Waals surface area contributed by atoms with E-state index in [1.54, 1.807) is 0 Å². The molecule has 3 heteroatoms. The second-order valence-electron chi connectivity index (χ2n) is 3.67. The van der Waals surface area contributed by atoms with Crippen LogP contribution in [0.5, 0.6) is 5.75 Å². The Morgan fingerprint density at radius 1 is 1.50 bits per heavy atom. The quantitative estimate of drug-likeness (QED) is 0.815. The molecule has 0 aromatic heterocycles. The molecule has 2 nitrogen and oxygen atoms in total. The summed E-state index contributed by atoms with van der Waals surface area (Å²) in [5.74, 6) is 1.05. The van der Waals surface area contributed by atoms with Crippen molar-refractivity contribution in [2.75, 3.05) is 6.61 Å². The average molecular weight is 214 g/mol. The fourth-order valence-corrected chi connectivity index (χ4v) is 1.83. The molecule has 1 atom stereocenters. The molecule has 1 aromatic carbocycles. The van der Waals surface area contributed by atoms with Gasteiger partial charge in [0.25, 0.3) is 0 Å². The summed E-state index contributed by atoms with van der Waals surface area (Å²) < 4.78 is 5.48. The van der Waals surface area contributed by atoms with Crippen LogP contribution in [0.1, 0.15) is 18.1 Å². The van der Waals surface area contributed by atoms with Crippen LogP contribution in [0, 0.1) is 0 Å². The summed E-state index contributed by atoms with van der Waals surface area (Å²) in [7, 11) is 0. The van der Waals surface area contributed by atoms with Gasteiger partial charge in [-0.1, -0.05) is 12.1 Å². The first-order valence-electron chi connectivity index (χ1n) is 4.76. The lowest BCUT2D eigenvalue weighted by molar-refractivity contribution is 0.357. The van der Waals surface area contributed by atoms with Crippen LogP contribution >= 0.6 is 12.4 Å². The largest absolute Gasteiger partial charge is 0.493 e. The van der Waals surface area contributed by atoms with E-state index >= 15 is 0 Å². The summed E-state index contributed by atoms with van der Waals surface area (Å²) in [6.07, 6.45) is 1.99. The third-order valence-electron chi connectivity index (χ3n) is 2.38. The zero-order valence-electron chi connectivity index (χ0n) is 8.32. The van der Waals surface area contributed by atoms with Gasteiger partial charge in [-0.15, -0.1) is 12.4 Å². The van der Waals surface area contributed by atoms with Gasteiger partial charge in [-0.25, -0.2) is 0 Å². The highest BCUT2D eigenvalue weighted by atomic mass is 35.5. The van der Waals surface area contributed by atoms with Crippen molar-refractivity contribution in [3.8, 4) is 5.75 Å². The molecule has 1 aliphatic heterocycles. The van der Waals surface area contributed by atoms with Crippen LogP contribution in [0.2, 0.25) is 0 Å². The molecule has 2 N–H and O–H groups in total. The fraction of sp³-hybridized carbons (Fsp3) is 0.455. The molecule has 1 heterocycles. The lowest BCUT2D eigenvalue weighted by Gasteiger charge is -2.08. The van der Waals surface area contributed by atoms with Gasteiger partial charge in [0.2, 0.25) is 0 Å². The highest BCUT2D eigenvalue weighted by molar-refractivity contribution is 5.85. The molecule has 78 valence electrons. The lowest BCUT2D eigenvalue weighted by Crippen LogP contribution is -2.18. The van der Waals surface area contributed by atoms with Gasteiger partial charge in [0.15, 0.2) is 0 Å². The highest BCUT2D eigenvalue weighted by Crippen LogP contribution is 2.28. The van der Waals surface area contributed by atoms with Crippen LogP contribution in [0.3, 0.4) is 0 Å². The molecule has 1 unspecified atom stereocenters. The molecule has 0 bridgehead atoms. The van der Waals surface area contributed by atoms with Crippen molar-refractivity contribution in [3.05, 3.63) is 29.3 Å². The SMILES string of the molecule is CC(N)Cc1cccc2c1CCO2.Cl. The van der Waals surface area contributed by atoms with E-state index in [0.29, 0.717) is 0 Å². The van der Waals surface area contributed by atoms with Crippen molar-refractivity contribution in [2.24, 2.45) is 5.73 Å². The van der Waals surface area contributed by atoms with E-state index < -0.39 is 0 Å². The molecule has 0 spiro atoms. The summed E-state index contributed by atoms with van der Waals surface area (Å²) in [6, 6.07) is 6.46. The predicted molar refractivity (Wildman–Crippen MR) is 60.2 cm³/mol. The zero-order valence-corrected chi connectivity index (χ0v) is 9.14. The van der Waals surface area contributed by atoms with Crippen LogP contribution in [-0.4, -0.2) is 12.6 Å². The Balaban J connectivity index is 0.000000980. The maximum Gasteiger partial charge on any atom is 0.122 e. The molecule has 2 rings (SSSR count). The van der Waals surface area contributed by atoms with Crippen LogP contribution < -0.4 is 10.5 Å². The minimum absolute atomic E-state index is 0. The van der Waals surface area contributed by atoms with Gasteiger partial charge in [-0.3, -0.25) is 0 Å². The summed E-state index contributed by atoms with van der Waals surface area (Å²) in [5, 5.41) is 0. The Hall–Kier alpha value is -0.730. The molecule has 0 aliphatic carbocycles. The molecule has 0 amide bonds. The highest BCUT2D eigenvalue weighted by Gasteiger charge is 2.15.